The third kappa shape index (κ3) is 5.44. The summed E-state index contributed by atoms with van der Waals surface area (Å²) in [7, 11) is 1.53. The van der Waals surface area contributed by atoms with Crippen molar-refractivity contribution in [2.75, 3.05) is 17.7 Å². The summed E-state index contributed by atoms with van der Waals surface area (Å²) in [4.78, 5) is 33.6. The summed E-state index contributed by atoms with van der Waals surface area (Å²) < 4.78 is 16.6. The fourth-order valence-corrected chi connectivity index (χ4v) is 3.66. The predicted octanol–water partition coefficient (Wildman–Crippen LogP) is 5.19. The van der Waals surface area contributed by atoms with E-state index in [-0.39, 0.29) is 11.8 Å². The minimum absolute atomic E-state index is 0.000400. The fourth-order valence-electron chi connectivity index (χ4n) is 2.83. The molecule has 2 N–H and O–H groups in total. The molecule has 0 radical (unpaired) electrons. The van der Waals surface area contributed by atoms with Gasteiger partial charge in [0.05, 0.1) is 7.11 Å². The van der Waals surface area contributed by atoms with Crippen LogP contribution in [0.25, 0.3) is 10.3 Å². The van der Waals surface area contributed by atoms with Crippen LogP contribution in [0, 0.1) is 5.92 Å². The maximum absolute atomic E-state index is 12.1. The molecule has 168 valence electrons. The molecule has 0 aliphatic heterocycles. The number of methoxy groups -OCH3 is 1. The maximum Gasteiger partial charge on any atom is 0.412 e. The lowest BCUT2D eigenvalue weighted by molar-refractivity contribution is -0.117. The Labute approximate surface area is 189 Å². The number of anilines is 2. The number of fused-ring (bicyclic) bond motifs is 1. The summed E-state index contributed by atoms with van der Waals surface area (Å²) in [6.07, 6.45) is 1.28. The van der Waals surface area contributed by atoms with Gasteiger partial charge in [0.25, 0.3) is 0 Å². The van der Waals surface area contributed by atoms with Gasteiger partial charge in [-0.2, -0.15) is 0 Å². The Bertz CT molecular complexity index is 1170. The van der Waals surface area contributed by atoms with Crippen molar-refractivity contribution in [2.24, 2.45) is 5.92 Å². The van der Waals surface area contributed by atoms with Gasteiger partial charge in [-0.1, -0.05) is 11.3 Å². The molecule has 0 bridgehead atoms. The van der Waals surface area contributed by atoms with Crippen molar-refractivity contribution in [2.45, 2.75) is 39.2 Å². The SMILES string of the molecule is COc1ccc(NC(=O)OC(C)(C)C)cc1Oc1ccc2nc(NC(=O)C3CC3)sc2n1. The molecule has 10 heteroatoms. The van der Waals surface area contributed by atoms with Crippen molar-refractivity contribution < 1.29 is 23.8 Å². The molecule has 1 aliphatic rings. The van der Waals surface area contributed by atoms with E-state index in [2.05, 4.69) is 20.6 Å². The van der Waals surface area contributed by atoms with Crippen molar-refractivity contribution in [3.05, 3.63) is 30.3 Å². The van der Waals surface area contributed by atoms with Gasteiger partial charge in [-0.25, -0.2) is 14.8 Å². The minimum atomic E-state index is -0.610. The van der Waals surface area contributed by atoms with Gasteiger partial charge in [-0.15, -0.1) is 0 Å². The molecule has 4 rings (SSSR count). The molecule has 1 aromatic carbocycles. The van der Waals surface area contributed by atoms with E-state index in [1.54, 1.807) is 51.1 Å². The zero-order valence-corrected chi connectivity index (χ0v) is 19.0. The van der Waals surface area contributed by atoms with Gasteiger partial charge in [0.1, 0.15) is 15.9 Å². The van der Waals surface area contributed by atoms with Gasteiger partial charge in [-0.3, -0.25) is 10.1 Å². The summed E-state index contributed by atoms with van der Waals surface area (Å²) in [5.41, 5.74) is 0.542. The first-order valence-corrected chi connectivity index (χ1v) is 11.0. The third-order valence-electron chi connectivity index (χ3n) is 4.43. The van der Waals surface area contributed by atoms with Crippen molar-refractivity contribution in [3.8, 4) is 17.4 Å². The minimum Gasteiger partial charge on any atom is -0.493 e. The van der Waals surface area contributed by atoms with E-state index in [0.717, 1.165) is 12.8 Å². The van der Waals surface area contributed by atoms with Gasteiger partial charge < -0.3 is 19.5 Å². The number of rotatable bonds is 6. The Morgan fingerprint density at radius 3 is 2.53 bits per heavy atom. The number of nitrogens with zero attached hydrogens (tertiary/aromatic N) is 2. The van der Waals surface area contributed by atoms with E-state index in [9.17, 15) is 9.59 Å². The molecule has 2 amide bonds. The summed E-state index contributed by atoms with van der Waals surface area (Å²) >= 11 is 1.28. The molecule has 0 spiro atoms. The van der Waals surface area contributed by atoms with E-state index < -0.39 is 11.7 Å². The maximum atomic E-state index is 12.1. The molecule has 0 unspecified atom stereocenters. The highest BCUT2D eigenvalue weighted by Crippen LogP contribution is 2.36. The first-order chi connectivity index (χ1) is 15.2. The predicted molar refractivity (Wildman–Crippen MR) is 122 cm³/mol. The van der Waals surface area contributed by atoms with E-state index >= 15 is 0 Å². The first-order valence-electron chi connectivity index (χ1n) is 10.1. The highest BCUT2D eigenvalue weighted by Gasteiger charge is 2.30. The van der Waals surface area contributed by atoms with Gasteiger partial charge in [-0.05, 0) is 51.8 Å². The molecule has 1 aliphatic carbocycles. The topological polar surface area (TPSA) is 112 Å². The molecular weight excluding hydrogens is 432 g/mol. The van der Waals surface area contributed by atoms with Crippen LogP contribution < -0.4 is 20.1 Å². The number of nitrogens with one attached hydrogen (secondary N) is 2. The second-order valence-corrected chi connectivity index (χ2v) is 9.33. The van der Waals surface area contributed by atoms with Gasteiger partial charge in [0.2, 0.25) is 11.8 Å². The van der Waals surface area contributed by atoms with Crippen LogP contribution >= 0.6 is 11.3 Å². The summed E-state index contributed by atoms with van der Waals surface area (Å²) in [6.45, 7) is 5.37. The van der Waals surface area contributed by atoms with E-state index in [0.29, 0.717) is 38.5 Å². The summed E-state index contributed by atoms with van der Waals surface area (Å²) in [6, 6.07) is 8.45. The molecule has 32 heavy (non-hydrogen) atoms. The summed E-state index contributed by atoms with van der Waals surface area (Å²) in [5.74, 6) is 1.28. The largest absolute Gasteiger partial charge is 0.493 e. The number of benzene rings is 1. The number of carbonyl (C=O) groups excluding carboxylic acids is 2. The van der Waals surface area contributed by atoms with E-state index in [1.165, 1.54) is 18.4 Å². The molecule has 0 atom stereocenters. The van der Waals surface area contributed by atoms with Crippen LogP contribution in [0.4, 0.5) is 15.6 Å². The van der Waals surface area contributed by atoms with E-state index in [4.69, 9.17) is 14.2 Å². The molecule has 9 nitrogen and oxygen atoms in total. The number of amides is 2. The van der Waals surface area contributed by atoms with Gasteiger partial charge >= 0.3 is 6.09 Å². The number of hydrogen-bond acceptors (Lipinski definition) is 8. The zero-order valence-electron chi connectivity index (χ0n) is 18.2. The van der Waals surface area contributed by atoms with Crippen LogP contribution in [0.15, 0.2) is 30.3 Å². The van der Waals surface area contributed by atoms with Crippen LogP contribution in [0.5, 0.6) is 17.4 Å². The van der Waals surface area contributed by atoms with Crippen LogP contribution in [-0.4, -0.2) is 34.7 Å². The molecule has 0 saturated heterocycles. The second-order valence-electron chi connectivity index (χ2n) is 8.35. The average molecular weight is 457 g/mol. The molecule has 1 fully saturated rings. The number of ether oxygens (including phenoxy) is 3. The number of hydrogen-bond donors (Lipinski definition) is 2. The third-order valence-corrected chi connectivity index (χ3v) is 5.31. The lowest BCUT2D eigenvalue weighted by atomic mass is 10.2. The Balaban J connectivity index is 1.51. The van der Waals surface area contributed by atoms with Crippen LogP contribution in [0.2, 0.25) is 0 Å². The zero-order chi connectivity index (χ0) is 22.9. The Kier molecular flexibility index (Phi) is 5.88. The van der Waals surface area contributed by atoms with Crippen LogP contribution in [0.1, 0.15) is 33.6 Å². The lowest BCUT2D eigenvalue weighted by Gasteiger charge is -2.20. The van der Waals surface area contributed by atoms with Crippen molar-refractivity contribution in [3.63, 3.8) is 0 Å². The summed E-state index contributed by atoms with van der Waals surface area (Å²) in [5, 5.41) is 6.03. The second kappa shape index (κ2) is 8.62. The molecule has 2 heterocycles. The first kappa shape index (κ1) is 21.8. The normalized spacial score (nSPS) is 13.5. The van der Waals surface area contributed by atoms with Crippen molar-refractivity contribution in [1.82, 2.24) is 9.97 Å². The fraction of sp³-hybridized carbons (Fsp3) is 0.364. The van der Waals surface area contributed by atoms with E-state index in [1.807, 2.05) is 0 Å². The number of carbonyl (C=O) groups is 2. The number of thiazole rings is 1. The highest BCUT2D eigenvalue weighted by molar-refractivity contribution is 7.21. The molecule has 3 aromatic rings. The lowest BCUT2D eigenvalue weighted by Crippen LogP contribution is -2.27. The number of pyridine rings is 1. The Hall–Kier alpha value is -3.40. The van der Waals surface area contributed by atoms with Crippen LogP contribution in [0.3, 0.4) is 0 Å². The smallest absolute Gasteiger partial charge is 0.412 e. The monoisotopic (exact) mass is 456 g/mol. The standard InChI is InChI=1S/C22H24N4O5S/c1-22(2,3)31-21(28)23-13-7-9-15(29-4)16(11-13)30-17-10-8-14-19(25-17)32-20(24-14)26-18(27)12-5-6-12/h7-12H,5-6H2,1-4H3,(H,23,28)(H,24,26,27). The van der Waals surface area contributed by atoms with Gasteiger partial charge in [0, 0.05) is 23.7 Å². The quantitative estimate of drug-likeness (QED) is 0.525. The Morgan fingerprint density at radius 2 is 1.84 bits per heavy atom. The molecular formula is C22H24N4O5S. The van der Waals surface area contributed by atoms with Crippen molar-refractivity contribution in [1.29, 1.82) is 0 Å². The highest BCUT2D eigenvalue weighted by atomic mass is 32.1. The molecule has 2 aromatic heterocycles. The van der Waals surface area contributed by atoms with Crippen LogP contribution in [-0.2, 0) is 9.53 Å². The van der Waals surface area contributed by atoms with Gasteiger partial charge in [0.15, 0.2) is 16.6 Å². The van der Waals surface area contributed by atoms with Crippen molar-refractivity contribution >= 4 is 44.5 Å². The average Bonchev–Trinajstić information content (AvgIpc) is 3.48. The molecule has 1 saturated carbocycles. The number of aromatic nitrogens is 2. The Morgan fingerprint density at radius 1 is 1.06 bits per heavy atom.